The summed E-state index contributed by atoms with van der Waals surface area (Å²) in [6.07, 6.45) is 1.65. The number of thiazole rings is 1. The van der Waals surface area contributed by atoms with Gasteiger partial charge in [0.15, 0.2) is 5.13 Å². The SMILES string of the molecule is C[C@@H](Sc1nnnn1-c1ccccc1)C(=O)Nc1nccs1. The second-order valence-corrected chi connectivity index (χ2v) is 6.50. The molecule has 1 aromatic carbocycles. The molecule has 0 unspecified atom stereocenters. The van der Waals surface area contributed by atoms with Crippen LogP contribution in [0.15, 0.2) is 47.1 Å². The number of nitrogens with one attached hydrogen (secondary N) is 1. The number of tetrazole rings is 1. The van der Waals surface area contributed by atoms with Crippen molar-refractivity contribution in [3.05, 3.63) is 41.9 Å². The minimum atomic E-state index is -0.350. The van der Waals surface area contributed by atoms with Gasteiger partial charge in [0.05, 0.1) is 10.9 Å². The third-order valence-corrected chi connectivity index (χ3v) is 4.48. The summed E-state index contributed by atoms with van der Waals surface area (Å²) in [4.78, 5) is 16.2. The number of benzene rings is 1. The molecule has 1 atom stereocenters. The molecule has 3 rings (SSSR count). The molecule has 1 amide bonds. The number of hydrogen-bond acceptors (Lipinski definition) is 7. The van der Waals surface area contributed by atoms with Crippen LogP contribution in [0.5, 0.6) is 0 Å². The van der Waals surface area contributed by atoms with E-state index < -0.39 is 0 Å². The molecule has 0 saturated heterocycles. The first kappa shape index (κ1) is 14.7. The Kier molecular flexibility index (Phi) is 4.45. The molecule has 22 heavy (non-hydrogen) atoms. The highest BCUT2D eigenvalue weighted by atomic mass is 32.2. The maximum absolute atomic E-state index is 12.1. The molecule has 0 fully saturated rings. The number of para-hydroxylation sites is 1. The summed E-state index contributed by atoms with van der Waals surface area (Å²) in [5, 5.41) is 17.0. The van der Waals surface area contributed by atoms with Crippen molar-refractivity contribution in [2.24, 2.45) is 0 Å². The number of thioether (sulfide) groups is 1. The monoisotopic (exact) mass is 332 g/mol. The summed E-state index contributed by atoms with van der Waals surface area (Å²) >= 11 is 2.67. The van der Waals surface area contributed by atoms with Gasteiger partial charge in [-0.15, -0.1) is 16.4 Å². The molecule has 0 radical (unpaired) electrons. The summed E-state index contributed by atoms with van der Waals surface area (Å²) in [5.74, 6) is -0.137. The van der Waals surface area contributed by atoms with Crippen molar-refractivity contribution in [1.82, 2.24) is 25.2 Å². The number of anilines is 1. The predicted octanol–water partition coefficient (Wildman–Crippen LogP) is 2.24. The Labute approximate surface area is 134 Å². The lowest BCUT2D eigenvalue weighted by Gasteiger charge is -2.10. The summed E-state index contributed by atoms with van der Waals surface area (Å²) in [6.45, 7) is 1.80. The minimum Gasteiger partial charge on any atom is -0.301 e. The van der Waals surface area contributed by atoms with Crippen LogP contribution in [0.1, 0.15) is 6.92 Å². The molecule has 0 bridgehead atoms. The van der Waals surface area contributed by atoms with Crippen LogP contribution in [0, 0.1) is 0 Å². The van der Waals surface area contributed by atoms with Crippen LogP contribution in [0.4, 0.5) is 5.13 Å². The Morgan fingerprint density at radius 3 is 2.91 bits per heavy atom. The molecule has 7 nitrogen and oxygen atoms in total. The van der Waals surface area contributed by atoms with Crippen molar-refractivity contribution in [3.8, 4) is 5.69 Å². The van der Waals surface area contributed by atoms with Gasteiger partial charge in [0.2, 0.25) is 11.1 Å². The van der Waals surface area contributed by atoms with Crippen molar-refractivity contribution < 1.29 is 4.79 Å². The highest BCUT2D eigenvalue weighted by Crippen LogP contribution is 2.24. The van der Waals surface area contributed by atoms with Gasteiger partial charge in [-0.1, -0.05) is 30.0 Å². The Morgan fingerprint density at radius 1 is 1.36 bits per heavy atom. The molecule has 1 N–H and O–H groups in total. The Hall–Kier alpha value is -2.26. The van der Waals surface area contributed by atoms with Gasteiger partial charge in [-0.2, -0.15) is 4.68 Å². The van der Waals surface area contributed by atoms with E-state index in [-0.39, 0.29) is 11.2 Å². The molecule has 0 saturated carbocycles. The van der Waals surface area contributed by atoms with Gasteiger partial charge in [0.25, 0.3) is 0 Å². The molecule has 2 heterocycles. The Morgan fingerprint density at radius 2 is 2.18 bits per heavy atom. The summed E-state index contributed by atoms with van der Waals surface area (Å²) in [5.41, 5.74) is 0.850. The van der Waals surface area contributed by atoms with E-state index in [4.69, 9.17) is 0 Å². The van der Waals surface area contributed by atoms with Gasteiger partial charge in [0.1, 0.15) is 0 Å². The largest absolute Gasteiger partial charge is 0.301 e. The van der Waals surface area contributed by atoms with Crippen LogP contribution in [-0.2, 0) is 4.79 Å². The zero-order chi connectivity index (χ0) is 15.4. The third-order valence-electron chi connectivity index (χ3n) is 2.76. The molecule has 0 spiro atoms. The lowest BCUT2D eigenvalue weighted by atomic mass is 10.3. The van der Waals surface area contributed by atoms with E-state index in [0.717, 1.165) is 5.69 Å². The molecule has 0 aliphatic rings. The average molecular weight is 332 g/mol. The third kappa shape index (κ3) is 3.31. The fourth-order valence-electron chi connectivity index (χ4n) is 1.69. The topological polar surface area (TPSA) is 85.6 Å². The van der Waals surface area contributed by atoms with Crippen molar-refractivity contribution in [3.63, 3.8) is 0 Å². The maximum Gasteiger partial charge on any atom is 0.239 e. The standard InChI is InChI=1S/C13H12N6OS2/c1-9(11(20)15-12-14-7-8-21-12)22-13-16-17-18-19(13)10-5-3-2-4-6-10/h2-9H,1H3,(H,14,15,20)/t9-/m1/s1. The minimum absolute atomic E-state index is 0.137. The Balaban J connectivity index is 1.71. The van der Waals surface area contributed by atoms with Gasteiger partial charge in [-0.3, -0.25) is 4.79 Å². The lowest BCUT2D eigenvalue weighted by molar-refractivity contribution is -0.115. The van der Waals surface area contributed by atoms with Gasteiger partial charge in [-0.25, -0.2) is 4.98 Å². The average Bonchev–Trinajstić information content (AvgIpc) is 3.19. The predicted molar refractivity (Wildman–Crippen MR) is 85.2 cm³/mol. The van der Waals surface area contributed by atoms with E-state index in [2.05, 4.69) is 25.8 Å². The fourth-order valence-corrected chi connectivity index (χ4v) is 3.03. The number of hydrogen-bond donors (Lipinski definition) is 1. The maximum atomic E-state index is 12.1. The summed E-state index contributed by atoms with van der Waals surface area (Å²) in [7, 11) is 0. The Bertz CT molecular complexity index is 743. The van der Waals surface area contributed by atoms with Crippen LogP contribution in [0.2, 0.25) is 0 Å². The smallest absolute Gasteiger partial charge is 0.239 e. The van der Waals surface area contributed by atoms with E-state index >= 15 is 0 Å². The van der Waals surface area contributed by atoms with Crippen molar-refractivity contribution >= 4 is 34.1 Å². The van der Waals surface area contributed by atoms with Crippen molar-refractivity contribution in [2.75, 3.05) is 5.32 Å². The van der Waals surface area contributed by atoms with Crippen molar-refractivity contribution in [2.45, 2.75) is 17.3 Å². The number of amides is 1. The zero-order valence-corrected chi connectivity index (χ0v) is 13.2. The summed E-state index contributed by atoms with van der Waals surface area (Å²) < 4.78 is 1.61. The highest BCUT2D eigenvalue weighted by Gasteiger charge is 2.19. The second-order valence-electron chi connectivity index (χ2n) is 4.30. The van der Waals surface area contributed by atoms with E-state index in [9.17, 15) is 4.79 Å². The zero-order valence-electron chi connectivity index (χ0n) is 11.6. The molecular formula is C13H12N6OS2. The number of carbonyl (C=O) groups is 1. The van der Waals surface area contributed by atoms with Gasteiger partial charge in [0, 0.05) is 11.6 Å². The number of aromatic nitrogens is 5. The quantitative estimate of drug-likeness (QED) is 0.721. The fraction of sp³-hybridized carbons (Fsp3) is 0.154. The molecule has 0 aliphatic carbocycles. The van der Waals surface area contributed by atoms with Gasteiger partial charge in [-0.05, 0) is 29.5 Å². The van der Waals surface area contributed by atoms with E-state index in [0.29, 0.717) is 10.3 Å². The normalized spacial score (nSPS) is 12.0. The first-order chi connectivity index (χ1) is 10.7. The number of rotatable bonds is 5. The first-order valence-corrected chi connectivity index (χ1v) is 8.21. The lowest BCUT2D eigenvalue weighted by Crippen LogP contribution is -2.22. The van der Waals surface area contributed by atoms with Gasteiger partial charge < -0.3 is 5.32 Å². The van der Waals surface area contributed by atoms with E-state index in [1.165, 1.54) is 23.1 Å². The molecule has 0 aliphatic heterocycles. The van der Waals surface area contributed by atoms with Crippen LogP contribution in [-0.4, -0.2) is 36.3 Å². The van der Waals surface area contributed by atoms with Crippen LogP contribution in [0.25, 0.3) is 5.69 Å². The molecule has 2 aromatic heterocycles. The molecule has 9 heteroatoms. The highest BCUT2D eigenvalue weighted by molar-refractivity contribution is 8.00. The van der Waals surface area contributed by atoms with Crippen molar-refractivity contribution in [1.29, 1.82) is 0 Å². The number of nitrogens with zero attached hydrogens (tertiary/aromatic N) is 5. The van der Waals surface area contributed by atoms with E-state index in [1.54, 1.807) is 17.8 Å². The summed E-state index contributed by atoms with van der Waals surface area (Å²) in [6, 6.07) is 9.54. The van der Waals surface area contributed by atoms with Gasteiger partial charge >= 0.3 is 0 Å². The van der Waals surface area contributed by atoms with E-state index in [1.807, 2.05) is 35.7 Å². The van der Waals surface area contributed by atoms with Crippen LogP contribution in [0.3, 0.4) is 0 Å². The van der Waals surface area contributed by atoms with Crippen LogP contribution < -0.4 is 5.32 Å². The molecular weight excluding hydrogens is 320 g/mol. The number of carbonyl (C=O) groups excluding carboxylic acids is 1. The van der Waals surface area contributed by atoms with Crippen LogP contribution >= 0.6 is 23.1 Å². The first-order valence-electron chi connectivity index (χ1n) is 6.45. The molecule has 112 valence electrons. The second kappa shape index (κ2) is 6.67. The molecule has 3 aromatic rings.